The molecule has 0 radical (unpaired) electrons. The molecular formula is C28H33FN5O3+. The number of piperazine rings is 1. The normalized spacial score (nSPS) is 13.8. The third kappa shape index (κ3) is 7.28. The summed E-state index contributed by atoms with van der Waals surface area (Å²) in [5, 5.41) is 8.88. The van der Waals surface area contributed by atoms with Crippen LogP contribution >= 0.6 is 0 Å². The maximum atomic E-state index is 12.9. The topological polar surface area (TPSA) is 106 Å². The van der Waals surface area contributed by atoms with Gasteiger partial charge in [-0.25, -0.2) is 14.5 Å². The summed E-state index contributed by atoms with van der Waals surface area (Å²) >= 11 is 0. The van der Waals surface area contributed by atoms with Gasteiger partial charge in [0.15, 0.2) is 0 Å². The number of nitrogens with two attached hydrogens (primary N) is 2. The summed E-state index contributed by atoms with van der Waals surface area (Å²) in [6, 6.07) is 18.8. The SMILES string of the molecule is CN1CCN(c2ccc(C(=O)NC(=[NH2+])c3ccc(OCCOCc4ccc(F)cc4)cc3N)cc2)CC1. The minimum Gasteiger partial charge on any atom is -0.491 e. The van der Waals surface area contributed by atoms with Crippen molar-refractivity contribution >= 4 is 23.1 Å². The van der Waals surface area contributed by atoms with Crippen molar-refractivity contribution in [1.82, 2.24) is 10.2 Å². The summed E-state index contributed by atoms with van der Waals surface area (Å²) in [5.74, 6) is 0.145. The number of likely N-dealkylation sites (N-methyl/N-ethyl adjacent to an activating group) is 1. The van der Waals surface area contributed by atoms with E-state index in [1.54, 1.807) is 42.5 Å². The molecule has 0 aromatic heterocycles. The Morgan fingerprint density at radius 3 is 2.38 bits per heavy atom. The van der Waals surface area contributed by atoms with Gasteiger partial charge < -0.3 is 25.0 Å². The summed E-state index contributed by atoms with van der Waals surface area (Å²) in [6.07, 6.45) is 0. The highest BCUT2D eigenvalue weighted by Gasteiger charge is 2.20. The molecule has 37 heavy (non-hydrogen) atoms. The fraction of sp³-hybridized carbons (Fsp3) is 0.286. The van der Waals surface area contributed by atoms with Crippen LogP contribution in [0.4, 0.5) is 15.8 Å². The number of halogens is 1. The van der Waals surface area contributed by atoms with Crippen LogP contribution in [-0.4, -0.2) is 63.1 Å². The lowest BCUT2D eigenvalue weighted by Crippen LogP contribution is -2.51. The number of hydrogen-bond acceptors (Lipinski definition) is 6. The van der Waals surface area contributed by atoms with E-state index in [1.165, 1.54) is 12.1 Å². The van der Waals surface area contributed by atoms with E-state index in [9.17, 15) is 9.18 Å². The Balaban J connectivity index is 1.24. The number of nitrogen functional groups attached to an aromatic ring is 1. The molecule has 4 rings (SSSR count). The number of carbonyl (C=O) groups excluding carboxylic acids is 1. The molecule has 5 N–H and O–H groups in total. The Labute approximate surface area is 216 Å². The fourth-order valence-electron chi connectivity index (χ4n) is 4.02. The fourth-order valence-corrected chi connectivity index (χ4v) is 4.02. The zero-order chi connectivity index (χ0) is 26.2. The zero-order valence-corrected chi connectivity index (χ0v) is 21.0. The summed E-state index contributed by atoms with van der Waals surface area (Å²) in [7, 11) is 2.12. The van der Waals surface area contributed by atoms with E-state index in [0.717, 1.165) is 37.4 Å². The van der Waals surface area contributed by atoms with Gasteiger partial charge in [-0.05, 0) is 61.1 Å². The Morgan fingerprint density at radius 1 is 1.00 bits per heavy atom. The van der Waals surface area contributed by atoms with Crippen molar-refractivity contribution < 1.29 is 24.1 Å². The van der Waals surface area contributed by atoms with E-state index >= 15 is 0 Å². The van der Waals surface area contributed by atoms with Gasteiger partial charge in [0.05, 0.1) is 30.0 Å². The number of nitrogens with zero attached hydrogens (tertiary/aromatic N) is 2. The first-order valence-electron chi connectivity index (χ1n) is 12.2. The van der Waals surface area contributed by atoms with Crippen LogP contribution in [0.15, 0.2) is 66.7 Å². The van der Waals surface area contributed by atoms with Gasteiger partial charge in [-0.1, -0.05) is 12.1 Å². The minimum absolute atomic E-state index is 0.167. The van der Waals surface area contributed by atoms with E-state index in [-0.39, 0.29) is 17.6 Å². The standard InChI is InChI=1S/C28H32FN5O3/c1-33-12-14-34(15-13-33)23-8-4-21(5-9-23)28(35)32-27(31)25-11-10-24(18-26(25)30)37-17-16-36-19-20-2-6-22(29)7-3-20/h2-11,18H,12-17,19,30H2,1H3,(H2,31,32,35)/p+1. The molecule has 1 fully saturated rings. The van der Waals surface area contributed by atoms with E-state index in [4.69, 9.17) is 20.6 Å². The number of benzene rings is 3. The van der Waals surface area contributed by atoms with E-state index < -0.39 is 0 Å². The second-order valence-corrected chi connectivity index (χ2v) is 8.98. The number of amides is 1. The lowest BCUT2D eigenvalue weighted by molar-refractivity contribution is -0.116. The van der Waals surface area contributed by atoms with Crippen molar-refractivity contribution in [1.29, 1.82) is 0 Å². The van der Waals surface area contributed by atoms with E-state index in [2.05, 4.69) is 22.2 Å². The molecule has 0 spiro atoms. The Morgan fingerprint density at radius 2 is 1.70 bits per heavy atom. The Bertz CT molecular complexity index is 1210. The van der Waals surface area contributed by atoms with Gasteiger partial charge in [0.2, 0.25) is 0 Å². The first-order chi connectivity index (χ1) is 17.9. The molecule has 1 aliphatic heterocycles. The van der Waals surface area contributed by atoms with Gasteiger partial charge in [-0.15, -0.1) is 0 Å². The number of anilines is 2. The van der Waals surface area contributed by atoms with Crippen molar-refractivity contribution in [3.8, 4) is 5.75 Å². The summed E-state index contributed by atoms with van der Waals surface area (Å²) in [5.41, 5.74) is 9.56. The molecule has 9 heteroatoms. The predicted octanol–water partition coefficient (Wildman–Crippen LogP) is 1.69. The third-order valence-electron chi connectivity index (χ3n) is 6.24. The highest BCUT2D eigenvalue weighted by atomic mass is 19.1. The molecular weight excluding hydrogens is 473 g/mol. The van der Waals surface area contributed by atoms with Gasteiger partial charge in [0.1, 0.15) is 18.2 Å². The highest BCUT2D eigenvalue weighted by Crippen LogP contribution is 2.20. The van der Waals surface area contributed by atoms with Crippen molar-refractivity contribution in [2.45, 2.75) is 6.61 Å². The van der Waals surface area contributed by atoms with Crippen LogP contribution in [0.5, 0.6) is 5.75 Å². The second kappa shape index (κ2) is 12.3. The smallest absolute Gasteiger partial charge is 0.339 e. The predicted molar refractivity (Wildman–Crippen MR) is 142 cm³/mol. The molecule has 194 valence electrons. The minimum atomic E-state index is -0.305. The number of ether oxygens (including phenoxy) is 2. The third-order valence-corrected chi connectivity index (χ3v) is 6.24. The summed E-state index contributed by atoms with van der Waals surface area (Å²) in [4.78, 5) is 17.3. The molecule has 1 saturated heterocycles. The molecule has 3 aromatic rings. The molecule has 8 nitrogen and oxygen atoms in total. The quantitative estimate of drug-likeness (QED) is 0.177. The molecule has 3 aromatic carbocycles. The Hall–Kier alpha value is -3.95. The first kappa shape index (κ1) is 26.1. The lowest BCUT2D eigenvalue weighted by Gasteiger charge is -2.34. The average molecular weight is 507 g/mol. The molecule has 1 heterocycles. The van der Waals surface area contributed by atoms with Gasteiger partial charge >= 0.3 is 5.91 Å². The number of nitrogens with one attached hydrogen (secondary N) is 1. The van der Waals surface area contributed by atoms with Crippen LogP contribution in [0.25, 0.3) is 0 Å². The van der Waals surface area contributed by atoms with Crippen molar-refractivity contribution in [3.05, 3.63) is 89.2 Å². The monoisotopic (exact) mass is 506 g/mol. The number of hydrogen-bond donors (Lipinski definition) is 3. The van der Waals surface area contributed by atoms with E-state index in [1.807, 2.05) is 12.1 Å². The molecule has 0 bridgehead atoms. The summed E-state index contributed by atoms with van der Waals surface area (Å²) < 4.78 is 24.2. The number of rotatable bonds is 9. The van der Waals surface area contributed by atoms with Crippen LogP contribution in [-0.2, 0) is 11.3 Å². The highest BCUT2D eigenvalue weighted by molar-refractivity contribution is 6.12. The van der Waals surface area contributed by atoms with E-state index in [0.29, 0.717) is 42.4 Å². The van der Waals surface area contributed by atoms with Crippen LogP contribution < -0.4 is 26.1 Å². The molecule has 0 atom stereocenters. The largest absolute Gasteiger partial charge is 0.491 e. The maximum absolute atomic E-state index is 12.9. The van der Waals surface area contributed by atoms with Crippen LogP contribution in [0.3, 0.4) is 0 Å². The molecule has 1 amide bonds. The second-order valence-electron chi connectivity index (χ2n) is 8.98. The zero-order valence-electron chi connectivity index (χ0n) is 21.0. The summed E-state index contributed by atoms with van der Waals surface area (Å²) in [6.45, 7) is 5.01. The molecule has 1 aliphatic rings. The number of amidine groups is 1. The van der Waals surface area contributed by atoms with Crippen LogP contribution in [0, 0.1) is 5.82 Å². The van der Waals surface area contributed by atoms with Crippen LogP contribution in [0.2, 0.25) is 0 Å². The van der Waals surface area contributed by atoms with Gasteiger partial charge in [0, 0.05) is 37.9 Å². The molecule has 0 unspecified atom stereocenters. The average Bonchev–Trinajstić information content (AvgIpc) is 2.90. The van der Waals surface area contributed by atoms with Crippen molar-refractivity contribution in [2.75, 3.05) is 57.1 Å². The Kier molecular flexibility index (Phi) is 8.71. The van der Waals surface area contributed by atoms with Gasteiger partial charge in [-0.2, -0.15) is 0 Å². The molecule has 0 saturated carbocycles. The van der Waals surface area contributed by atoms with Crippen molar-refractivity contribution in [3.63, 3.8) is 0 Å². The van der Waals surface area contributed by atoms with Gasteiger partial charge in [-0.3, -0.25) is 5.41 Å². The first-order valence-corrected chi connectivity index (χ1v) is 12.2. The maximum Gasteiger partial charge on any atom is 0.339 e. The van der Waals surface area contributed by atoms with Crippen LogP contribution in [0.1, 0.15) is 21.5 Å². The molecule has 0 aliphatic carbocycles. The number of carbonyl (C=O) groups is 1. The van der Waals surface area contributed by atoms with Gasteiger partial charge in [0.25, 0.3) is 5.84 Å². The lowest BCUT2D eigenvalue weighted by atomic mass is 10.1. The van der Waals surface area contributed by atoms with Crippen molar-refractivity contribution in [2.24, 2.45) is 0 Å².